The zero-order chi connectivity index (χ0) is 12.5. The first-order valence-electron chi connectivity index (χ1n) is 4.98. The zero-order valence-electron chi connectivity index (χ0n) is 9.84. The Hall–Kier alpha value is -0.250. The average Bonchev–Trinajstić information content (AvgIpc) is 2.14. The number of aliphatic hydroxyl groups excluding tert-OH is 1. The van der Waals surface area contributed by atoms with Gasteiger partial charge in [0.05, 0.1) is 17.7 Å². The summed E-state index contributed by atoms with van der Waals surface area (Å²) in [4.78, 5) is 0. The number of hydrogen-bond acceptors (Lipinski definition) is 2. The smallest absolute Gasteiger partial charge is 0.138 e. The van der Waals surface area contributed by atoms with E-state index >= 15 is 0 Å². The van der Waals surface area contributed by atoms with Crippen LogP contribution in [0.3, 0.4) is 0 Å². The van der Waals surface area contributed by atoms with Crippen LogP contribution in [0.15, 0.2) is 16.6 Å². The highest BCUT2D eigenvalue weighted by Crippen LogP contribution is 2.42. The third kappa shape index (κ3) is 2.90. The minimum atomic E-state index is -0.627. The lowest BCUT2D eigenvalue weighted by molar-refractivity contribution is 0.0603. The van der Waals surface area contributed by atoms with Gasteiger partial charge in [-0.25, -0.2) is 0 Å². The first-order chi connectivity index (χ1) is 7.27. The van der Waals surface area contributed by atoms with Gasteiger partial charge in [-0.1, -0.05) is 32.4 Å². The lowest BCUT2D eigenvalue weighted by Crippen LogP contribution is -2.18. The van der Waals surface area contributed by atoms with E-state index in [-0.39, 0.29) is 5.41 Å². The fraction of sp³-hybridized carbons (Fsp3) is 0.500. The lowest BCUT2D eigenvalue weighted by Gasteiger charge is -2.28. The highest BCUT2D eigenvalue weighted by molar-refractivity contribution is 9.10. The topological polar surface area (TPSA) is 29.5 Å². The summed E-state index contributed by atoms with van der Waals surface area (Å²) < 4.78 is 6.03. The molecular weight excluding hydrogens is 291 g/mol. The van der Waals surface area contributed by atoms with E-state index in [4.69, 9.17) is 16.3 Å². The fourth-order valence-electron chi connectivity index (χ4n) is 1.47. The van der Waals surface area contributed by atoms with Crippen molar-refractivity contribution in [3.05, 3.63) is 27.2 Å². The van der Waals surface area contributed by atoms with E-state index in [1.807, 2.05) is 20.8 Å². The van der Waals surface area contributed by atoms with E-state index in [0.29, 0.717) is 16.3 Å². The molecule has 0 radical (unpaired) electrons. The van der Waals surface area contributed by atoms with Gasteiger partial charge in [-0.3, -0.25) is 0 Å². The third-order valence-electron chi connectivity index (χ3n) is 2.36. The molecule has 1 unspecified atom stereocenters. The van der Waals surface area contributed by atoms with Crippen LogP contribution in [0.2, 0.25) is 5.02 Å². The molecule has 2 nitrogen and oxygen atoms in total. The molecule has 0 aliphatic rings. The number of halogens is 2. The highest BCUT2D eigenvalue weighted by atomic mass is 79.9. The summed E-state index contributed by atoms with van der Waals surface area (Å²) in [5.74, 6) is 0.631. The van der Waals surface area contributed by atoms with Gasteiger partial charge in [0.25, 0.3) is 0 Å². The Morgan fingerprint density at radius 1 is 1.38 bits per heavy atom. The van der Waals surface area contributed by atoms with Crippen molar-refractivity contribution in [2.75, 3.05) is 7.11 Å². The maximum absolute atomic E-state index is 10.3. The summed E-state index contributed by atoms with van der Waals surface area (Å²) in [7, 11) is 1.58. The second kappa shape index (κ2) is 4.94. The number of ether oxygens (including phenoxy) is 1. The van der Waals surface area contributed by atoms with Gasteiger partial charge in [-0.05, 0) is 33.5 Å². The van der Waals surface area contributed by atoms with Crippen molar-refractivity contribution in [1.29, 1.82) is 0 Å². The fourth-order valence-corrected chi connectivity index (χ4v) is 2.46. The zero-order valence-corrected chi connectivity index (χ0v) is 12.2. The molecule has 1 rings (SSSR count). The summed E-state index contributed by atoms with van der Waals surface area (Å²) >= 11 is 9.35. The Morgan fingerprint density at radius 3 is 2.38 bits per heavy atom. The Labute approximate surface area is 110 Å². The molecule has 1 atom stereocenters. The SMILES string of the molecule is COc1c(Br)cc(Cl)cc1C(O)C(C)(C)C. The van der Waals surface area contributed by atoms with Crippen LogP contribution in [0.4, 0.5) is 0 Å². The molecule has 1 N–H and O–H groups in total. The molecule has 4 heteroatoms. The van der Waals surface area contributed by atoms with Crippen molar-refractivity contribution in [3.63, 3.8) is 0 Å². The molecule has 0 aromatic heterocycles. The van der Waals surface area contributed by atoms with Crippen LogP contribution in [0.1, 0.15) is 32.4 Å². The van der Waals surface area contributed by atoms with E-state index in [2.05, 4.69) is 15.9 Å². The predicted octanol–water partition coefficient (Wildman–Crippen LogP) is 4.19. The second-order valence-corrected chi connectivity index (χ2v) is 6.07. The number of benzene rings is 1. The number of rotatable bonds is 2. The Balaban J connectivity index is 3.31. The maximum Gasteiger partial charge on any atom is 0.138 e. The monoisotopic (exact) mass is 306 g/mol. The third-order valence-corrected chi connectivity index (χ3v) is 3.16. The summed E-state index contributed by atoms with van der Waals surface area (Å²) in [6.45, 7) is 5.89. The summed E-state index contributed by atoms with van der Waals surface area (Å²) in [5.41, 5.74) is 0.437. The Kier molecular flexibility index (Phi) is 4.27. The van der Waals surface area contributed by atoms with E-state index in [9.17, 15) is 5.11 Å². The second-order valence-electron chi connectivity index (χ2n) is 4.78. The molecule has 0 saturated heterocycles. The molecule has 0 bridgehead atoms. The molecule has 0 spiro atoms. The van der Waals surface area contributed by atoms with E-state index in [1.165, 1.54) is 0 Å². The van der Waals surface area contributed by atoms with Crippen molar-refractivity contribution in [2.24, 2.45) is 5.41 Å². The molecule has 0 saturated carbocycles. The highest BCUT2D eigenvalue weighted by Gasteiger charge is 2.27. The normalized spacial score (nSPS) is 13.7. The van der Waals surface area contributed by atoms with Gasteiger partial charge in [0.1, 0.15) is 5.75 Å². The van der Waals surface area contributed by atoms with E-state index in [0.717, 1.165) is 4.47 Å². The molecule has 0 fully saturated rings. The minimum Gasteiger partial charge on any atom is -0.495 e. The molecule has 90 valence electrons. The molecule has 0 heterocycles. The maximum atomic E-state index is 10.3. The molecule has 0 aliphatic carbocycles. The van der Waals surface area contributed by atoms with Gasteiger partial charge in [0.2, 0.25) is 0 Å². The summed E-state index contributed by atoms with van der Waals surface area (Å²) in [5, 5.41) is 10.8. The standard InChI is InChI=1S/C12H16BrClO2/c1-12(2,3)11(15)8-5-7(14)6-9(13)10(8)16-4/h5-6,11,15H,1-4H3. The van der Waals surface area contributed by atoms with Crippen LogP contribution in [0.5, 0.6) is 5.75 Å². The molecule has 1 aromatic carbocycles. The van der Waals surface area contributed by atoms with Gasteiger partial charge >= 0.3 is 0 Å². The lowest BCUT2D eigenvalue weighted by atomic mass is 9.84. The van der Waals surface area contributed by atoms with E-state index in [1.54, 1.807) is 19.2 Å². The van der Waals surface area contributed by atoms with Crippen molar-refractivity contribution < 1.29 is 9.84 Å². The quantitative estimate of drug-likeness (QED) is 0.887. The number of aliphatic hydroxyl groups is 1. The van der Waals surface area contributed by atoms with Crippen LogP contribution in [-0.2, 0) is 0 Å². The largest absolute Gasteiger partial charge is 0.495 e. The van der Waals surface area contributed by atoms with Crippen LogP contribution in [-0.4, -0.2) is 12.2 Å². The first kappa shape index (κ1) is 13.8. The van der Waals surface area contributed by atoms with Crippen molar-refractivity contribution in [1.82, 2.24) is 0 Å². The molecule has 1 aromatic rings. The average molecular weight is 308 g/mol. The van der Waals surface area contributed by atoms with Gasteiger partial charge in [0, 0.05) is 10.6 Å². The van der Waals surface area contributed by atoms with Crippen molar-refractivity contribution >= 4 is 27.5 Å². The van der Waals surface area contributed by atoms with E-state index < -0.39 is 6.10 Å². The number of methoxy groups -OCH3 is 1. The van der Waals surface area contributed by atoms with Crippen molar-refractivity contribution in [3.8, 4) is 5.75 Å². The Morgan fingerprint density at radius 2 is 1.94 bits per heavy atom. The van der Waals surface area contributed by atoms with Crippen LogP contribution < -0.4 is 4.74 Å². The number of hydrogen-bond donors (Lipinski definition) is 1. The minimum absolute atomic E-state index is 0.266. The van der Waals surface area contributed by atoms with Gasteiger partial charge in [-0.2, -0.15) is 0 Å². The molecule has 0 aliphatic heterocycles. The van der Waals surface area contributed by atoms with Gasteiger partial charge in [-0.15, -0.1) is 0 Å². The summed E-state index contributed by atoms with van der Waals surface area (Å²) in [6.07, 6.45) is -0.627. The van der Waals surface area contributed by atoms with Crippen LogP contribution in [0.25, 0.3) is 0 Å². The van der Waals surface area contributed by atoms with Crippen molar-refractivity contribution in [2.45, 2.75) is 26.9 Å². The van der Waals surface area contributed by atoms with Gasteiger partial charge in [0.15, 0.2) is 0 Å². The predicted molar refractivity (Wildman–Crippen MR) is 70.1 cm³/mol. The summed E-state index contributed by atoms with van der Waals surface area (Å²) in [6, 6.07) is 3.49. The van der Waals surface area contributed by atoms with Crippen LogP contribution >= 0.6 is 27.5 Å². The Bertz CT molecular complexity index is 385. The first-order valence-corrected chi connectivity index (χ1v) is 6.15. The molecule has 0 amide bonds. The van der Waals surface area contributed by atoms with Crippen LogP contribution in [0, 0.1) is 5.41 Å². The van der Waals surface area contributed by atoms with Gasteiger partial charge < -0.3 is 9.84 Å². The molecular formula is C12H16BrClO2. The molecule has 16 heavy (non-hydrogen) atoms.